The summed E-state index contributed by atoms with van der Waals surface area (Å²) in [4.78, 5) is 15.9. The maximum atomic E-state index is 11.7. The number of benzene rings is 1. The molecule has 0 radical (unpaired) electrons. The third kappa shape index (κ3) is 4.89. The van der Waals surface area contributed by atoms with Crippen LogP contribution in [0, 0.1) is 0 Å². The van der Waals surface area contributed by atoms with Crippen LogP contribution in [0.2, 0.25) is 0 Å². The van der Waals surface area contributed by atoms with Gasteiger partial charge in [-0.25, -0.2) is 0 Å². The Morgan fingerprint density at radius 3 is 2.58 bits per heavy atom. The second-order valence-corrected chi connectivity index (χ2v) is 4.16. The quantitative estimate of drug-likeness (QED) is 0.778. The molecule has 1 amide bonds. The van der Waals surface area contributed by atoms with E-state index in [-0.39, 0.29) is 5.91 Å². The highest BCUT2D eigenvalue weighted by Gasteiger charge is 2.01. The molecule has 0 atom stereocenters. The van der Waals surface area contributed by atoms with Gasteiger partial charge in [-0.05, 0) is 24.3 Å². The highest BCUT2D eigenvalue weighted by atomic mass is 16.1. The van der Waals surface area contributed by atoms with Gasteiger partial charge in [0.15, 0.2) is 0 Å². The molecular weight excluding hydrogens is 238 g/mol. The molecule has 0 saturated carbocycles. The first-order valence-electron chi connectivity index (χ1n) is 6.30. The van der Waals surface area contributed by atoms with Crippen LogP contribution < -0.4 is 10.6 Å². The molecule has 2 aromatic rings. The molecule has 1 aromatic carbocycles. The summed E-state index contributed by atoms with van der Waals surface area (Å²) >= 11 is 0. The molecule has 0 saturated heterocycles. The molecule has 0 unspecified atom stereocenters. The lowest BCUT2D eigenvalue weighted by molar-refractivity contribution is -0.116. The number of anilines is 1. The smallest absolute Gasteiger partial charge is 0.225 e. The largest absolute Gasteiger partial charge is 0.326 e. The van der Waals surface area contributed by atoms with E-state index in [9.17, 15) is 4.79 Å². The van der Waals surface area contributed by atoms with Crippen molar-refractivity contribution in [3.05, 3.63) is 60.4 Å². The van der Waals surface area contributed by atoms with Crippen molar-refractivity contribution in [3.63, 3.8) is 0 Å². The molecule has 2 N–H and O–H groups in total. The average molecular weight is 255 g/mol. The zero-order chi connectivity index (χ0) is 13.3. The van der Waals surface area contributed by atoms with E-state index in [0.29, 0.717) is 19.5 Å². The summed E-state index contributed by atoms with van der Waals surface area (Å²) in [5, 5.41) is 6.04. The minimum atomic E-state index is 0.0136. The van der Waals surface area contributed by atoms with Crippen molar-refractivity contribution >= 4 is 11.6 Å². The van der Waals surface area contributed by atoms with Gasteiger partial charge in [-0.1, -0.05) is 24.3 Å². The second-order valence-electron chi connectivity index (χ2n) is 4.16. The van der Waals surface area contributed by atoms with Crippen LogP contribution in [0.1, 0.15) is 12.1 Å². The zero-order valence-corrected chi connectivity index (χ0v) is 10.7. The Morgan fingerprint density at radius 1 is 1.05 bits per heavy atom. The fourth-order valence-electron chi connectivity index (χ4n) is 1.67. The molecule has 4 heteroatoms. The third-order valence-corrected chi connectivity index (χ3v) is 2.62. The van der Waals surface area contributed by atoms with E-state index in [1.807, 2.05) is 48.5 Å². The first-order valence-corrected chi connectivity index (χ1v) is 6.30. The normalized spacial score (nSPS) is 10.1. The van der Waals surface area contributed by atoms with Crippen molar-refractivity contribution in [2.45, 2.75) is 13.0 Å². The van der Waals surface area contributed by atoms with E-state index in [2.05, 4.69) is 15.6 Å². The lowest BCUT2D eigenvalue weighted by atomic mass is 10.3. The fraction of sp³-hybridized carbons (Fsp3) is 0.200. The van der Waals surface area contributed by atoms with Crippen LogP contribution >= 0.6 is 0 Å². The topological polar surface area (TPSA) is 54.0 Å². The maximum Gasteiger partial charge on any atom is 0.225 e. The zero-order valence-electron chi connectivity index (χ0n) is 10.7. The van der Waals surface area contributed by atoms with Crippen LogP contribution in [0.25, 0.3) is 0 Å². The summed E-state index contributed by atoms with van der Waals surface area (Å²) < 4.78 is 0. The fourth-order valence-corrected chi connectivity index (χ4v) is 1.67. The maximum absolute atomic E-state index is 11.7. The number of aromatic nitrogens is 1. The van der Waals surface area contributed by atoms with Crippen molar-refractivity contribution in [1.29, 1.82) is 0 Å². The van der Waals surface area contributed by atoms with Crippen molar-refractivity contribution in [3.8, 4) is 0 Å². The predicted molar refractivity (Wildman–Crippen MR) is 75.6 cm³/mol. The van der Waals surface area contributed by atoms with Crippen LogP contribution in [0.4, 0.5) is 5.69 Å². The monoisotopic (exact) mass is 255 g/mol. The van der Waals surface area contributed by atoms with E-state index in [0.717, 1.165) is 11.4 Å². The van der Waals surface area contributed by atoms with E-state index < -0.39 is 0 Å². The van der Waals surface area contributed by atoms with E-state index in [1.165, 1.54) is 0 Å². The molecular formula is C15H17N3O. The van der Waals surface area contributed by atoms with Gasteiger partial charge in [0.25, 0.3) is 0 Å². The Labute approximate surface area is 112 Å². The molecule has 1 heterocycles. The number of amides is 1. The first-order chi connectivity index (χ1) is 9.34. The molecule has 0 bridgehead atoms. The highest BCUT2D eigenvalue weighted by Crippen LogP contribution is 2.04. The number of hydrogen-bond donors (Lipinski definition) is 2. The van der Waals surface area contributed by atoms with E-state index >= 15 is 0 Å². The summed E-state index contributed by atoms with van der Waals surface area (Å²) in [6.07, 6.45) is 2.21. The number of rotatable bonds is 6. The van der Waals surface area contributed by atoms with Crippen LogP contribution in [-0.2, 0) is 11.3 Å². The summed E-state index contributed by atoms with van der Waals surface area (Å²) in [7, 11) is 0. The van der Waals surface area contributed by atoms with Crippen LogP contribution in [0.3, 0.4) is 0 Å². The van der Waals surface area contributed by atoms with Crippen LogP contribution in [0.15, 0.2) is 54.7 Å². The van der Waals surface area contributed by atoms with Crippen molar-refractivity contribution < 1.29 is 4.79 Å². The van der Waals surface area contributed by atoms with Gasteiger partial charge >= 0.3 is 0 Å². The summed E-state index contributed by atoms with van der Waals surface area (Å²) in [5.41, 5.74) is 1.81. The standard InChI is InChI=1S/C15H17N3O/c19-15(18-13-6-2-1-3-7-13)9-11-16-12-14-8-4-5-10-17-14/h1-8,10,16H,9,11-12H2,(H,18,19). The first kappa shape index (κ1) is 13.2. The van der Waals surface area contributed by atoms with Crippen molar-refractivity contribution in [2.24, 2.45) is 0 Å². The molecule has 4 nitrogen and oxygen atoms in total. The summed E-state index contributed by atoms with van der Waals surface area (Å²) in [6, 6.07) is 15.3. The number of nitrogens with zero attached hydrogens (tertiary/aromatic N) is 1. The number of pyridine rings is 1. The van der Waals surface area contributed by atoms with E-state index in [1.54, 1.807) is 6.20 Å². The highest BCUT2D eigenvalue weighted by molar-refractivity contribution is 5.90. The lowest BCUT2D eigenvalue weighted by Gasteiger charge is -2.06. The molecule has 0 fully saturated rings. The van der Waals surface area contributed by atoms with Crippen molar-refractivity contribution in [1.82, 2.24) is 10.3 Å². The number of carbonyl (C=O) groups excluding carboxylic acids is 1. The van der Waals surface area contributed by atoms with Crippen LogP contribution in [-0.4, -0.2) is 17.4 Å². The molecule has 2 rings (SSSR count). The summed E-state index contributed by atoms with van der Waals surface area (Å²) in [6.45, 7) is 1.31. The molecule has 0 aliphatic rings. The van der Waals surface area contributed by atoms with Gasteiger partial charge in [0, 0.05) is 31.4 Å². The van der Waals surface area contributed by atoms with Gasteiger partial charge in [-0.3, -0.25) is 9.78 Å². The molecule has 0 spiro atoms. The molecule has 0 aliphatic carbocycles. The Bertz CT molecular complexity index is 499. The van der Waals surface area contributed by atoms with Gasteiger partial charge in [-0.2, -0.15) is 0 Å². The lowest BCUT2D eigenvalue weighted by Crippen LogP contribution is -2.21. The van der Waals surface area contributed by atoms with Gasteiger partial charge < -0.3 is 10.6 Å². The minimum absolute atomic E-state index is 0.0136. The minimum Gasteiger partial charge on any atom is -0.326 e. The Hall–Kier alpha value is -2.20. The third-order valence-electron chi connectivity index (χ3n) is 2.62. The Kier molecular flexibility index (Phi) is 5.07. The average Bonchev–Trinajstić information content (AvgIpc) is 2.46. The van der Waals surface area contributed by atoms with Gasteiger partial charge in [0.2, 0.25) is 5.91 Å². The second kappa shape index (κ2) is 7.28. The Balaban J connectivity index is 1.65. The van der Waals surface area contributed by atoms with Crippen LogP contribution in [0.5, 0.6) is 0 Å². The van der Waals surface area contributed by atoms with Gasteiger partial charge in [-0.15, -0.1) is 0 Å². The van der Waals surface area contributed by atoms with Crippen molar-refractivity contribution in [2.75, 3.05) is 11.9 Å². The van der Waals surface area contributed by atoms with Gasteiger partial charge in [0.1, 0.15) is 0 Å². The number of nitrogens with one attached hydrogen (secondary N) is 2. The van der Waals surface area contributed by atoms with E-state index in [4.69, 9.17) is 0 Å². The summed E-state index contributed by atoms with van der Waals surface area (Å²) in [5.74, 6) is 0.0136. The Morgan fingerprint density at radius 2 is 1.84 bits per heavy atom. The number of para-hydroxylation sites is 1. The molecule has 0 aliphatic heterocycles. The SMILES string of the molecule is O=C(CCNCc1ccccn1)Nc1ccccc1. The number of carbonyl (C=O) groups is 1. The number of hydrogen-bond acceptors (Lipinski definition) is 3. The molecule has 98 valence electrons. The predicted octanol–water partition coefficient (Wildman–Crippen LogP) is 2.20. The molecule has 1 aromatic heterocycles. The van der Waals surface area contributed by atoms with Gasteiger partial charge in [0.05, 0.1) is 5.69 Å². The molecule has 19 heavy (non-hydrogen) atoms.